The molecule has 0 spiro atoms. The van der Waals surface area contributed by atoms with Crippen LogP contribution in [0.3, 0.4) is 0 Å². The van der Waals surface area contributed by atoms with Crippen molar-refractivity contribution < 1.29 is 44.6 Å². The van der Waals surface area contributed by atoms with Gasteiger partial charge in [-0.25, -0.2) is 9.59 Å². The molecule has 6 N–H and O–H groups in total. The van der Waals surface area contributed by atoms with Gasteiger partial charge in [-0.05, 0) is 26.8 Å². The van der Waals surface area contributed by atoms with Gasteiger partial charge < -0.3 is 40.3 Å². The molecule has 10 heteroatoms. The summed E-state index contributed by atoms with van der Waals surface area (Å²) in [6.45, 7) is 4.02. The van der Waals surface area contributed by atoms with Crippen molar-refractivity contribution in [1.82, 2.24) is 5.32 Å². The highest BCUT2D eigenvalue weighted by atomic mass is 16.6. The van der Waals surface area contributed by atoms with E-state index < -0.39 is 60.5 Å². The summed E-state index contributed by atoms with van der Waals surface area (Å²) in [5.41, 5.74) is -0.828. The SMILES string of the molecule is CC(C)(C)OC(=O)N[C@H]1[C@H]([C@H](O)[C@H](O)CO)OC(C(=O)O)=C[C@@H]1O. The summed E-state index contributed by atoms with van der Waals surface area (Å²) >= 11 is 0. The van der Waals surface area contributed by atoms with Gasteiger partial charge in [0.2, 0.25) is 5.76 Å². The quantitative estimate of drug-likeness (QED) is 0.340. The molecule has 0 aromatic heterocycles. The maximum atomic E-state index is 11.9. The average molecular weight is 349 g/mol. The van der Waals surface area contributed by atoms with Gasteiger partial charge in [0.15, 0.2) is 6.10 Å². The molecule has 1 aliphatic rings. The topological polar surface area (TPSA) is 166 Å². The van der Waals surface area contributed by atoms with Gasteiger partial charge >= 0.3 is 12.1 Å². The maximum Gasteiger partial charge on any atom is 0.408 e. The van der Waals surface area contributed by atoms with E-state index in [0.29, 0.717) is 0 Å². The third-order valence-electron chi connectivity index (χ3n) is 3.12. The summed E-state index contributed by atoms with van der Waals surface area (Å²) < 4.78 is 10.1. The highest BCUT2D eigenvalue weighted by Gasteiger charge is 2.43. The molecule has 0 aromatic rings. The number of hydrogen-bond acceptors (Lipinski definition) is 8. The molecule has 1 rings (SSSR count). The van der Waals surface area contributed by atoms with Crippen LogP contribution < -0.4 is 5.32 Å². The zero-order valence-electron chi connectivity index (χ0n) is 13.5. The molecule has 0 saturated carbocycles. The number of aliphatic hydroxyl groups excluding tert-OH is 4. The number of rotatable bonds is 5. The van der Waals surface area contributed by atoms with Crippen LogP contribution in [-0.2, 0) is 14.3 Å². The van der Waals surface area contributed by atoms with Crippen LogP contribution in [-0.4, -0.2) is 80.3 Å². The fourth-order valence-electron chi connectivity index (χ4n) is 2.05. The Labute approximate surface area is 138 Å². The molecule has 0 fully saturated rings. The predicted molar refractivity (Wildman–Crippen MR) is 78.9 cm³/mol. The minimum Gasteiger partial charge on any atom is -0.478 e. The fourth-order valence-corrected chi connectivity index (χ4v) is 2.05. The molecule has 138 valence electrons. The minimum absolute atomic E-state index is 0.654. The largest absolute Gasteiger partial charge is 0.478 e. The van der Waals surface area contributed by atoms with Gasteiger partial charge in [-0.1, -0.05) is 0 Å². The lowest BCUT2D eigenvalue weighted by Gasteiger charge is -2.38. The van der Waals surface area contributed by atoms with Crippen molar-refractivity contribution in [3.8, 4) is 0 Å². The third-order valence-corrected chi connectivity index (χ3v) is 3.12. The van der Waals surface area contributed by atoms with Gasteiger partial charge in [0.1, 0.15) is 30.0 Å². The standard InChI is InChI=1S/C14H23NO9/c1-14(2,3)24-13(22)15-9-6(17)4-8(12(20)21)23-11(9)10(19)7(18)5-16/h4,6-7,9-11,16-19H,5H2,1-3H3,(H,15,22)(H,20,21)/t6-,7+,9+,10+,11+/m0/s1. The summed E-state index contributed by atoms with van der Waals surface area (Å²) in [5, 5.41) is 49.8. The van der Waals surface area contributed by atoms with Crippen molar-refractivity contribution >= 4 is 12.1 Å². The number of aliphatic carboxylic acids is 1. The van der Waals surface area contributed by atoms with Gasteiger partial charge in [-0.3, -0.25) is 0 Å². The second kappa shape index (κ2) is 7.79. The Morgan fingerprint density at radius 2 is 1.96 bits per heavy atom. The van der Waals surface area contributed by atoms with E-state index in [1.165, 1.54) is 0 Å². The molecule has 0 radical (unpaired) electrons. The predicted octanol–water partition coefficient (Wildman–Crippen LogP) is -1.68. The molecule has 0 aliphatic carbocycles. The molecule has 1 aliphatic heterocycles. The summed E-state index contributed by atoms with van der Waals surface area (Å²) in [6.07, 6.45) is -6.57. The molecule has 5 atom stereocenters. The van der Waals surface area contributed by atoms with Crippen LogP contribution in [0.2, 0.25) is 0 Å². The lowest BCUT2D eigenvalue weighted by molar-refractivity contribution is -0.148. The van der Waals surface area contributed by atoms with Gasteiger partial charge in [-0.15, -0.1) is 0 Å². The number of aliphatic hydroxyl groups is 4. The van der Waals surface area contributed by atoms with Crippen LogP contribution >= 0.6 is 0 Å². The molecule has 1 heterocycles. The smallest absolute Gasteiger partial charge is 0.408 e. The van der Waals surface area contributed by atoms with E-state index in [0.717, 1.165) is 6.08 Å². The van der Waals surface area contributed by atoms with Crippen LogP contribution in [0, 0.1) is 0 Å². The van der Waals surface area contributed by atoms with E-state index in [-0.39, 0.29) is 0 Å². The molecule has 24 heavy (non-hydrogen) atoms. The summed E-state index contributed by atoms with van der Waals surface area (Å²) in [6, 6.07) is -1.31. The zero-order chi connectivity index (χ0) is 18.7. The van der Waals surface area contributed by atoms with Crippen molar-refractivity contribution in [2.75, 3.05) is 6.61 Å². The summed E-state index contributed by atoms with van der Waals surface area (Å²) in [5.74, 6) is -2.15. The maximum absolute atomic E-state index is 11.9. The van der Waals surface area contributed by atoms with Gasteiger partial charge in [-0.2, -0.15) is 0 Å². The highest BCUT2D eigenvalue weighted by Crippen LogP contribution is 2.23. The molecule has 0 saturated heterocycles. The Morgan fingerprint density at radius 1 is 1.38 bits per heavy atom. The normalized spacial score (nSPS) is 26.6. The first-order chi connectivity index (χ1) is 11.0. The molecule has 0 aromatic carbocycles. The van der Waals surface area contributed by atoms with E-state index in [2.05, 4.69) is 5.32 Å². The molecule has 10 nitrogen and oxygen atoms in total. The lowest BCUT2D eigenvalue weighted by atomic mass is 9.94. The molecular weight excluding hydrogens is 326 g/mol. The van der Waals surface area contributed by atoms with E-state index in [1.807, 2.05) is 0 Å². The van der Waals surface area contributed by atoms with E-state index in [1.54, 1.807) is 20.8 Å². The number of carboxylic acids is 1. The number of carboxylic acid groups (broad SMARTS) is 1. The Hall–Kier alpha value is -1.88. The Morgan fingerprint density at radius 3 is 2.42 bits per heavy atom. The van der Waals surface area contributed by atoms with Crippen LogP contribution in [0.25, 0.3) is 0 Å². The summed E-state index contributed by atoms with van der Waals surface area (Å²) in [4.78, 5) is 22.9. The molecule has 1 amide bonds. The van der Waals surface area contributed by atoms with Crippen molar-refractivity contribution in [2.45, 2.75) is 56.8 Å². The lowest BCUT2D eigenvalue weighted by Crippen LogP contribution is -2.60. The summed E-state index contributed by atoms with van der Waals surface area (Å²) in [7, 11) is 0. The second-order valence-electron chi connectivity index (χ2n) is 6.32. The number of alkyl carbamates (subject to hydrolysis) is 1. The van der Waals surface area contributed by atoms with Crippen molar-refractivity contribution in [3.05, 3.63) is 11.8 Å². The van der Waals surface area contributed by atoms with Crippen molar-refractivity contribution in [2.24, 2.45) is 0 Å². The first-order valence-corrected chi connectivity index (χ1v) is 7.22. The average Bonchev–Trinajstić information content (AvgIpc) is 2.45. The third kappa shape index (κ3) is 5.34. The van der Waals surface area contributed by atoms with Crippen LogP contribution in [0.5, 0.6) is 0 Å². The minimum atomic E-state index is -1.77. The Balaban J connectivity index is 3.02. The van der Waals surface area contributed by atoms with Crippen molar-refractivity contribution in [3.63, 3.8) is 0 Å². The number of ether oxygens (including phenoxy) is 2. The first-order valence-electron chi connectivity index (χ1n) is 7.22. The van der Waals surface area contributed by atoms with Crippen molar-refractivity contribution in [1.29, 1.82) is 0 Å². The number of carbonyl (C=O) groups excluding carboxylic acids is 1. The van der Waals surface area contributed by atoms with E-state index >= 15 is 0 Å². The highest BCUT2D eigenvalue weighted by molar-refractivity contribution is 5.84. The molecule has 0 unspecified atom stereocenters. The molecule has 0 bridgehead atoms. The first kappa shape index (κ1) is 20.2. The van der Waals surface area contributed by atoms with E-state index in [9.17, 15) is 24.9 Å². The van der Waals surface area contributed by atoms with Crippen LogP contribution in [0.1, 0.15) is 20.8 Å². The Kier molecular flexibility index (Phi) is 6.55. The number of amides is 1. The van der Waals surface area contributed by atoms with Gasteiger partial charge in [0.05, 0.1) is 6.61 Å². The van der Waals surface area contributed by atoms with Crippen LogP contribution in [0.15, 0.2) is 11.8 Å². The number of hydrogen-bond donors (Lipinski definition) is 6. The van der Waals surface area contributed by atoms with E-state index in [4.69, 9.17) is 19.7 Å². The zero-order valence-corrected chi connectivity index (χ0v) is 13.5. The number of carbonyl (C=O) groups is 2. The monoisotopic (exact) mass is 349 g/mol. The Bertz CT molecular complexity index is 499. The number of nitrogens with one attached hydrogen (secondary N) is 1. The van der Waals surface area contributed by atoms with Crippen LogP contribution in [0.4, 0.5) is 4.79 Å². The van der Waals surface area contributed by atoms with Gasteiger partial charge in [0.25, 0.3) is 0 Å². The second-order valence-corrected chi connectivity index (χ2v) is 6.32. The van der Waals surface area contributed by atoms with Gasteiger partial charge in [0, 0.05) is 0 Å². The fraction of sp³-hybridized carbons (Fsp3) is 0.714. The molecular formula is C14H23NO9.